The predicted molar refractivity (Wildman–Crippen MR) is 86.1 cm³/mol. The fraction of sp³-hybridized carbons (Fsp3) is 0.294. The topological polar surface area (TPSA) is 37.4 Å². The molecule has 3 nitrogen and oxygen atoms in total. The smallest absolute Gasteiger partial charge is 0.243 e. The van der Waals surface area contributed by atoms with E-state index in [4.69, 9.17) is 0 Å². The second kappa shape index (κ2) is 5.53. The van der Waals surface area contributed by atoms with E-state index in [0.29, 0.717) is 10.6 Å². The first kappa shape index (κ1) is 15.6. The van der Waals surface area contributed by atoms with Gasteiger partial charge >= 0.3 is 0 Å². The van der Waals surface area contributed by atoms with Gasteiger partial charge in [-0.1, -0.05) is 23.8 Å². The van der Waals surface area contributed by atoms with Crippen molar-refractivity contribution in [1.29, 1.82) is 0 Å². The molecular formula is C17H21NO2S. The normalized spacial score (nSPS) is 16.5. The molecule has 1 aromatic carbocycles. The summed E-state index contributed by atoms with van der Waals surface area (Å²) in [5, 5.41) is 0. The van der Waals surface area contributed by atoms with Crippen molar-refractivity contribution < 1.29 is 8.42 Å². The summed E-state index contributed by atoms with van der Waals surface area (Å²) in [6.45, 7) is 9.55. The van der Waals surface area contributed by atoms with E-state index in [-0.39, 0.29) is 0 Å². The van der Waals surface area contributed by atoms with Crippen molar-refractivity contribution in [3.8, 4) is 0 Å². The zero-order chi connectivity index (χ0) is 15.8. The largest absolute Gasteiger partial charge is 0.268 e. The van der Waals surface area contributed by atoms with Gasteiger partial charge in [-0.3, -0.25) is 0 Å². The third kappa shape index (κ3) is 2.81. The first-order valence-corrected chi connectivity index (χ1v) is 8.34. The molecule has 0 N–H and O–H groups in total. The molecule has 2 rings (SSSR count). The lowest BCUT2D eigenvalue weighted by Gasteiger charge is -2.26. The van der Waals surface area contributed by atoms with Crippen LogP contribution >= 0.6 is 0 Å². The summed E-state index contributed by atoms with van der Waals surface area (Å²) < 4.78 is 27.3. The molecule has 0 radical (unpaired) electrons. The molecule has 1 aliphatic rings. The fourth-order valence-electron chi connectivity index (χ4n) is 2.33. The Labute approximate surface area is 127 Å². The van der Waals surface area contributed by atoms with Crippen molar-refractivity contribution in [1.82, 2.24) is 4.31 Å². The van der Waals surface area contributed by atoms with Gasteiger partial charge in [-0.15, -0.1) is 0 Å². The van der Waals surface area contributed by atoms with E-state index >= 15 is 0 Å². The van der Waals surface area contributed by atoms with Crippen LogP contribution in [0.5, 0.6) is 0 Å². The van der Waals surface area contributed by atoms with Crippen LogP contribution in [0.4, 0.5) is 0 Å². The molecule has 112 valence electrons. The SMILES string of the molecule is CC1=CC=C(C)N(S(=O)(=O)c2ccc(C)cc2)C(C)=C1C. The van der Waals surface area contributed by atoms with Crippen molar-refractivity contribution in [2.45, 2.75) is 39.5 Å². The Hall–Kier alpha value is -1.81. The van der Waals surface area contributed by atoms with Crippen LogP contribution in [-0.4, -0.2) is 12.7 Å². The minimum atomic E-state index is -3.58. The number of sulfonamides is 1. The van der Waals surface area contributed by atoms with Crippen LogP contribution in [0.25, 0.3) is 0 Å². The van der Waals surface area contributed by atoms with Crippen molar-refractivity contribution in [3.05, 3.63) is 64.5 Å². The van der Waals surface area contributed by atoms with E-state index in [1.807, 2.05) is 58.9 Å². The van der Waals surface area contributed by atoms with E-state index in [2.05, 4.69) is 0 Å². The Morgan fingerprint density at radius 2 is 1.43 bits per heavy atom. The average molecular weight is 303 g/mol. The summed E-state index contributed by atoms with van der Waals surface area (Å²) in [5.41, 5.74) is 4.55. The van der Waals surface area contributed by atoms with Crippen LogP contribution in [0.3, 0.4) is 0 Å². The molecule has 1 aliphatic heterocycles. The Morgan fingerprint density at radius 3 is 2.00 bits per heavy atom. The second-order valence-electron chi connectivity index (χ2n) is 5.45. The van der Waals surface area contributed by atoms with E-state index in [0.717, 1.165) is 22.4 Å². The van der Waals surface area contributed by atoms with Gasteiger partial charge in [-0.05, 0) is 64.0 Å². The molecular weight excluding hydrogens is 282 g/mol. The fourth-order valence-corrected chi connectivity index (χ4v) is 3.95. The number of rotatable bonds is 2. The Balaban J connectivity index is 2.61. The molecule has 0 fully saturated rings. The van der Waals surface area contributed by atoms with Gasteiger partial charge in [0.15, 0.2) is 0 Å². The van der Waals surface area contributed by atoms with Gasteiger partial charge in [-0.2, -0.15) is 0 Å². The van der Waals surface area contributed by atoms with Crippen molar-refractivity contribution >= 4 is 10.0 Å². The van der Waals surface area contributed by atoms with Crippen LogP contribution in [0, 0.1) is 6.92 Å². The molecule has 0 aromatic heterocycles. The third-order valence-electron chi connectivity index (χ3n) is 3.89. The molecule has 0 atom stereocenters. The predicted octanol–water partition coefficient (Wildman–Crippen LogP) is 4.14. The van der Waals surface area contributed by atoms with Gasteiger partial charge in [0, 0.05) is 11.4 Å². The minimum absolute atomic E-state index is 0.313. The third-order valence-corrected chi connectivity index (χ3v) is 5.80. The maximum Gasteiger partial charge on any atom is 0.268 e. The molecule has 0 aliphatic carbocycles. The highest BCUT2D eigenvalue weighted by molar-refractivity contribution is 7.89. The van der Waals surface area contributed by atoms with E-state index < -0.39 is 10.0 Å². The van der Waals surface area contributed by atoms with Gasteiger partial charge in [0.25, 0.3) is 10.0 Å². The molecule has 1 heterocycles. The zero-order valence-corrected chi connectivity index (χ0v) is 14.0. The number of nitrogens with zero attached hydrogens (tertiary/aromatic N) is 1. The number of aryl methyl sites for hydroxylation is 1. The summed E-state index contributed by atoms with van der Waals surface area (Å²) in [6, 6.07) is 6.95. The van der Waals surface area contributed by atoms with Gasteiger partial charge in [0.05, 0.1) is 4.90 Å². The van der Waals surface area contributed by atoms with E-state index in [9.17, 15) is 8.42 Å². The van der Waals surface area contributed by atoms with Gasteiger partial charge in [0.1, 0.15) is 0 Å². The average Bonchev–Trinajstić information content (AvgIpc) is 2.52. The first-order chi connectivity index (χ1) is 9.75. The lowest BCUT2D eigenvalue weighted by atomic mass is 10.1. The van der Waals surface area contributed by atoms with E-state index in [1.165, 1.54) is 4.31 Å². The van der Waals surface area contributed by atoms with Crippen LogP contribution < -0.4 is 0 Å². The van der Waals surface area contributed by atoms with Crippen molar-refractivity contribution in [2.75, 3.05) is 0 Å². The lowest BCUT2D eigenvalue weighted by molar-refractivity contribution is 0.525. The Bertz CT molecular complexity index is 750. The summed E-state index contributed by atoms with van der Waals surface area (Å²) in [5.74, 6) is 0. The molecule has 0 unspecified atom stereocenters. The zero-order valence-electron chi connectivity index (χ0n) is 13.1. The second-order valence-corrected chi connectivity index (χ2v) is 7.24. The van der Waals surface area contributed by atoms with Crippen LogP contribution in [0.15, 0.2) is 63.9 Å². The molecule has 0 spiro atoms. The molecule has 4 heteroatoms. The highest BCUT2D eigenvalue weighted by Crippen LogP contribution is 2.30. The van der Waals surface area contributed by atoms with E-state index in [1.54, 1.807) is 12.1 Å². The number of hydrogen-bond donors (Lipinski definition) is 0. The molecule has 21 heavy (non-hydrogen) atoms. The van der Waals surface area contributed by atoms with Crippen molar-refractivity contribution in [3.63, 3.8) is 0 Å². The molecule has 1 aromatic rings. The van der Waals surface area contributed by atoms with Gasteiger partial charge in [-0.25, -0.2) is 12.7 Å². The van der Waals surface area contributed by atoms with Crippen LogP contribution in [0.1, 0.15) is 33.3 Å². The number of hydrogen-bond acceptors (Lipinski definition) is 2. The molecule has 0 bridgehead atoms. The summed E-state index contributed by atoms with van der Waals surface area (Å²) in [6.07, 6.45) is 3.81. The highest BCUT2D eigenvalue weighted by atomic mass is 32.2. The monoisotopic (exact) mass is 303 g/mol. The minimum Gasteiger partial charge on any atom is -0.243 e. The van der Waals surface area contributed by atoms with Crippen molar-refractivity contribution in [2.24, 2.45) is 0 Å². The molecule has 0 amide bonds. The maximum absolute atomic E-state index is 13.0. The molecule has 0 saturated heterocycles. The highest BCUT2D eigenvalue weighted by Gasteiger charge is 2.28. The molecule has 0 saturated carbocycles. The van der Waals surface area contributed by atoms with Gasteiger partial charge in [0.2, 0.25) is 0 Å². The summed E-state index contributed by atoms with van der Waals surface area (Å²) in [7, 11) is -3.58. The van der Waals surface area contributed by atoms with Crippen LogP contribution in [-0.2, 0) is 10.0 Å². The lowest BCUT2D eigenvalue weighted by Crippen LogP contribution is -2.28. The maximum atomic E-state index is 13.0. The van der Waals surface area contributed by atoms with Gasteiger partial charge < -0.3 is 0 Å². The summed E-state index contributed by atoms with van der Waals surface area (Å²) in [4.78, 5) is 0.313. The quantitative estimate of drug-likeness (QED) is 0.823. The Morgan fingerprint density at radius 1 is 0.857 bits per heavy atom. The Kier molecular flexibility index (Phi) is 4.10. The standard InChI is InChI=1S/C17H21NO2S/c1-12-6-10-17(11-7-12)21(19,20)18-14(3)9-8-13(2)15(4)16(18)5/h6-11H,1-5H3. The number of allylic oxidation sites excluding steroid dienone is 6. The number of benzene rings is 1. The van der Waals surface area contributed by atoms with Crippen LogP contribution in [0.2, 0.25) is 0 Å². The summed E-state index contributed by atoms with van der Waals surface area (Å²) >= 11 is 0. The first-order valence-electron chi connectivity index (χ1n) is 6.90.